The number of benzene rings is 8. The van der Waals surface area contributed by atoms with Crippen LogP contribution in [0.2, 0.25) is 0 Å². The Bertz CT molecular complexity index is 3820. The van der Waals surface area contributed by atoms with E-state index in [2.05, 4.69) is 150 Å². The molecule has 0 spiro atoms. The molecule has 5 aromatic heterocycles. The second-order valence-electron chi connectivity index (χ2n) is 14.7. The van der Waals surface area contributed by atoms with Crippen LogP contribution in [0.15, 0.2) is 179 Å². The van der Waals surface area contributed by atoms with Crippen molar-refractivity contribution < 1.29 is 8.83 Å². The van der Waals surface area contributed by atoms with E-state index in [1.54, 1.807) is 11.3 Å². The van der Waals surface area contributed by atoms with Gasteiger partial charge in [-0.05, 0) is 65.7 Å². The molecule has 0 fully saturated rings. The molecule has 0 amide bonds. The molecule has 58 heavy (non-hydrogen) atoms. The van der Waals surface area contributed by atoms with Gasteiger partial charge in [-0.2, -0.15) is 9.97 Å². The van der Waals surface area contributed by atoms with Crippen molar-refractivity contribution in [3.05, 3.63) is 170 Å². The lowest BCUT2D eigenvalue weighted by atomic mass is 9.99. The van der Waals surface area contributed by atoms with E-state index in [4.69, 9.17) is 23.8 Å². The molecule has 5 heterocycles. The van der Waals surface area contributed by atoms with Gasteiger partial charge < -0.3 is 8.83 Å². The third kappa shape index (κ3) is 4.56. The van der Waals surface area contributed by atoms with Crippen LogP contribution < -0.4 is 0 Å². The summed E-state index contributed by atoms with van der Waals surface area (Å²) >= 11 is 1.78. The maximum atomic E-state index is 6.58. The number of hydrogen-bond donors (Lipinski definition) is 0. The zero-order valence-electron chi connectivity index (χ0n) is 30.7. The van der Waals surface area contributed by atoms with E-state index in [0.717, 1.165) is 87.9 Å². The van der Waals surface area contributed by atoms with E-state index in [0.29, 0.717) is 17.6 Å². The first-order chi connectivity index (χ1) is 28.7. The Hall–Kier alpha value is -7.61. The summed E-state index contributed by atoms with van der Waals surface area (Å²) in [5, 5.41) is 8.88. The third-order valence-electron chi connectivity index (χ3n) is 11.5. The Morgan fingerprint density at radius 3 is 1.91 bits per heavy atom. The van der Waals surface area contributed by atoms with Crippen LogP contribution >= 0.6 is 11.3 Å². The Labute approximate surface area is 333 Å². The summed E-state index contributed by atoms with van der Waals surface area (Å²) in [6, 6.07) is 59.0. The number of hydrogen-bond acceptors (Lipinski definition) is 6. The third-order valence-corrected chi connectivity index (χ3v) is 12.6. The van der Waals surface area contributed by atoms with Gasteiger partial charge in [0.25, 0.3) is 0 Å². The van der Waals surface area contributed by atoms with Gasteiger partial charge in [0, 0.05) is 58.2 Å². The normalized spacial score (nSPS) is 12.1. The van der Waals surface area contributed by atoms with Gasteiger partial charge in [-0.25, -0.2) is 4.98 Å². The highest BCUT2D eigenvalue weighted by molar-refractivity contribution is 7.25. The van der Waals surface area contributed by atoms with Crippen LogP contribution in [0.5, 0.6) is 0 Å². The number of furan rings is 2. The van der Waals surface area contributed by atoms with Gasteiger partial charge in [-0.1, -0.05) is 115 Å². The molecule has 270 valence electrons. The number of nitrogens with zero attached hydrogens (tertiary/aromatic N) is 4. The average Bonchev–Trinajstić information content (AvgIpc) is 4.04. The fraction of sp³-hybridized carbons (Fsp3) is 0. The predicted molar refractivity (Wildman–Crippen MR) is 238 cm³/mol. The van der Waals surface area contributed by atoms with Crippen molar-refractivity contribution in [3.8, 4) is 39.9 Å². The lowest BCUT2D eigenvalue weighted by Crippen LogP contribution is -2.06. The van der Waals surface area contributed by atoms with Gasteiger partial charge in [-0.15, -0.1) is 11.3 Å². The van der Waals surface area contributed by atoms with E-state index in [9.17, 15) is 0 Å². The molecule has 13 aromatic rings. The maximum absolute atomic E-state index is 6.58. The summed E-state index contributed by atoms with van der Waals surface area (Å²) < 4.78 is 17.6. The molecule has 8 aromatic carbocycles. The summed E-state index contributed by atoms with van der Waals surface area (Å²) in [5.74, 6) is 1.67. The molecule has 0 atom stereocenters. The lowest BCUT2D eigenvalue weighted by molar-refractivity contribution is 0.668. The van der Waals surface area contributed by atoms with Crippen LogP contribution in [0.25, 0.3) is 126 Å². The van der Waals surface area contributed by atoms with Crippen LogP contribution in [0, 0.1) is 0 Å². The van der Waals surface area contributed by atoms with Crippen molar-refractivity contribution in [3.63, 3.8) is 0 Å². The largest absolute Gasteiger partial charge is 0.456 e. The summed E-state index contributed by atoms with van der Waals surface area (Å²) in [5.41, 5.74) is 9.29. The number of thiophene rings is 1. The van der Waals surface area contributed by atoms with Crippen molar-refractivity contribution in [1.82, 2.24) is 19.5 Å². The highest BCUT2D eigenvalue weighted by Crippen LogP contribution is 2.42. The molecule has 0 bridgehead atoms. The number of aromatic nitrogens is 4. The van der Waals surface area contributed by atoms with Gasteiger partial charge in [0.15, 0.2) is 11.6 Å². The molecule has 0 unspecified atom stereocenters. The van der Waals surface area contributed by atoms with Crippen LogP contribution in [-0.2, 0) is 0 Å². The molecule has 0 aliphatic carbocycles. The van der Waals surface area contributed by atoms with Crippen LogP contribution in [-0.4, -0.2) is 19.5 Å². The van der Waals surface area contributed by atoms with E-state index in [1.165, 1.54) is 20.2 Å². The lowest BCUT2D eigenvalue weighted by Gasteiger charge is -2.11. The van der Waals surface area contributed by atoms with Gasteiger partial charge in [0.1, 0.15) is 22.3 Å². The van der Waals surface area contributed by atoms with Crippen molar-refractivity contribution in [2.75, 3.05) is 0 Å². The van der Waals surface area contributed by atoms with Gasteiger partial charge in [0.2, 0.25) is 5.95 Å². The first kappa shape index (κ1) is 31.6. The first-order valence-corrected chi connectivity index (χ1v) is 20.1. The van der Waals surface area contributed by atoms with E-state index in [1.807, 2.05) is 24.3 Å². The summed E-state index contributed by atoms with van der Waals surface area (Å²) in [7, 11) is 0. The molecule has 0 saturated carbocycles. The molecular formula is C51H28N4O2S. The maximum Gasteiger partial charge on any atom is 0.238 e. The van der Waals surface area contributed by atoms with Crippen LogP contribution in [0.1, 0.15) is 0 Å². The highest BCUT2D eigenvalue weighted by Gasteiger charge is 2.23. The molecule has 0 aliphatic rings. The summed E-state index contributed by atoms with van der Waals surface area (Å²) in [6.45, 7) is 0. The summed E-state index contributed by atoms with van der Waals surface area (Å²) in [4.78, 5) is 15.9. The van der Waals surface area contributed by atoms with Crippen molar-refractivity contribution in [1.29, 1.82) is 0 Å². The molecule has 0 N–H and O–H groups in total. The first-order valence-electron chi connectivity index (χ1n) is 19.3. The number of para-hydroxylation sites is 2. The zero-order valence-corrected chi connectivity index (χ0v) is 31.5. The fourth-order valence-electron chi connectivity index (χ4n) is 8.88. The minimum Gasteiger partial charge on any atom is -0.456 e. The minimum atomic E-state index is 0.525. The van der Waals surface area contributed by atoms with Gasteiger partial charge >= 0.3 is 0 Å². The fourth-order valence-corrected chi connectivity index (χ4v) is 10.0. The van der Waals surface area contributed by atoms with Crippen LogP contribution in [0.4, 0.5) is 0 Å². The average molecular weight is 761 g/mol. The molecule has 0 saturated heterocycles. The van der Waals surface area contributed by atoms with Crippen molar-refractivity contribution in [2.24, 2.45) is 0 Å². The second kappa shape index (κ2) is 11.9. The molecular weight excluding hydrogens is 733 g/mol. The molecule has 0 radical (unpaired) electrons. The molecule has 13 rings (SSSR count). The van der Waals surface area contributed by atoms with Gasteiger partial charge in [0.05, 0.1) is 16.4 Å². The topological polar surface area (TPSA) is 69.9 Å². The Morgan fingerprint density at radius 2 is 1.03 bits per heavy atom. The van der Waals surface area contributed by atoms with E-state index < -0.39 is 0 Å². The SMILES string of the molecule is c1ccc(-c2cccc3oc4cc(-c5nc(-c6ccc7c(c6)sc6ccccc67)nc(-n6c7ccccc7c7ccc8oc9ccccc9c8c76)n5)ccc4c23)cc1. The Kier molecular flexibility index (Phi) is 6.50. The number of rotatable bonds is 4. The zero-order chi connectivity index (χ0) is 37.9. The van der Waals surface area contributed by atoms with E-state index in [-0.39, 0.29) is 0 Å². The van der Waals surface area contributed by atoms with Crippen molar-refractivity contribution >= 4 is 97.2 Å². The van der Waals surface area contributed by atoms with Crippen molar-refractivity contribution in [2.45, 2.75) is 0 Å². The monoisotopic (exact) mass is 760 g/mol. The predicted octanol–water partition coefficient (Wildman–Crippen LogP) is 14.1. The Balaban J connectivity index is 1.09. The Morgan fingerprint density at radius 1 is 0.397 bits per heavy atom. The molecule has 0 aliphatic heterocycles. The van der Waals surface area contributed by atoms with Gasteiger partial charge in [-0.3, -0.25) is 4.57 Å². The molecule has 6 nitrogen and oxygen atoms in total. The standard InChI is InChI=1S/C51H28N4O2S/c1-2-11-29(12-3-1)32-16-10-19-41-46(32)38-24-22-30(27-43(38)57-41)49-52-50(31-21-23-35-34-14-6-9-20-44(34)58-45(35)28-31)54-51(53-49)55-39-17-7-4-13-33(39)36-25-26-42-47(48(36)55)37-15-5-8-18-40(37)56-42/h1-28H. The highest BCUT2D eigenvalue weighted by atomic mass is 32.1. The number of fused-ring (bicyclic) bond motifs is 13. The second-order valence-corrected chi connectivity index (χ2v) is 15.8. The smallest absolute Gasteiger partial charge is 0.238 e. The van der Waals surface area contributed by atoms with E-state index >= 15 is 0 Å². The summed E-state index contributed by atoms with van der Waals surface area (Å²) in [6.07, 6.45) is 0. The van der Waals surface area contributed by atoms with Crippen LogP contribution in [0.3, 0.4) is 0 Å². The quantitative estimate of drug-likeness (QED) is 0.179. The minimum absolute atomic E-state index is 0.525. The molecule has 7 heteroatoms.